The Morgan fingerprint density at radius 1 is 1.21 bits per heavy atom. The van der Waals surface area contributed by atoms with Crippen molar-refractivity contribution in [3.05, 3.63) is 0 Å². The summed E-state index contributed by atoms with van der Waals surface area (Å²) in [6.07, 6.45) is 7.33. The van der Waals surface area contributed by atoms with Crippen molar-refractivity contribution < 1.29 is 9.90 Å². The van der Waals surface area contributed by atoms with Crippen LogP contribution in [-0.4, -0.2) is 34.6 Å². The molecule has 1 aliphatic carbocycles. The quantitative estimate of drug-likeness (QED) is 0.850. The Hall–Kier alpha value is -0.570. The minimum absolute atomic E-state index is 0.0376. The highest BCUT2D eigenvalue weighted by molar-refractivity contribution is 5.68. The number of carboxylic acids is 1. The van der Waals surface area contributed by atoms with Crippen LogP contribution in [0.2, 0.25) is 0 Å². The Morgan fingerprint density at radius 2 is 1.74 bits per heavy atom. The normalized spacial score (nSPS) is 33.5. The highest BCUT2D eigenvalue weighted by Gasteiger charge is 2.44. The van der Waals surface area contributed by atoms with Crippen LogP contribution in [0.25, 0.3) is 0 Å². The molecule has 2 fully saturated rings. The standard InChI is InChI=1S/C16H29NO2/c1-15(2,3)13-6-8-16(9-7-13,12-14(18)19)17-10-4-5-11-17/h13H,4-12H2,1-3H3,(H,18,19). The van der Waals surface area contributed by atoms with Gasteiger partial charge in [0.05, 0.1) is 6.42 Å². The number of likely N-dealkylation sites (tertiary alicyclic amines) is 1. The highest BCUT2D eigenvalue weighted by Crippen LogP contribution is 2.45. The predicted octanol–water partition coefficient (Wildman–Crippen LogP) is 3.53. The third kappa shape index (κ3) is 3.31. The molecule has 1 N–H and O–H groups in total. The van der Waals surface area contributed by atoms with Gasteiger partial charge in [0.1, 0.15) is 0 Å². The van der Waals surface area contributed by atoms with Gasteiger partial charge in [-0.3, -0.25) is 9.69 Å². The van der Waals surface area contributed by atoms with Crippen molar-refractivity contribution in [3.63, 3.8) is 0 Å². The van der Waals surface area contributed by atoms with Crippen LogP contribution in [0.4, 0.5) is 0 Å². The Bertz CT molecular complexity index is 318. The summed E-state index contributed by atoms with van der Waals surface area (Å²) in [5.74, 6) is 0.123. The van der Waals surface area contributed by atoms with E-state index in [1.807, 2.05) is 0 Å². The molecule has 2 aliphatic rings. The van der Waals surface area contributed by atoms with Crippen LogP contribution in [0.3, 0.4) is 0 Å². The molecule has 0 radical (unpaired) electrons. The number of nitrogens with zero attached hydrogens (tertiary/aromatic N) is 1. The fourth-order valence-electron chi connectivity index (χ4n) is 4.10. The number of hydrogen-bond donors (Lipinski definition) is 1. The number of carboxylic acid groups (broad SMARTS) is 1. The van der Waals surface area contributed by atoms with E-state index >= 15 is 0 Å². The molecule has 0 aromatic rings. The first kappa shape index (κ1) is 14.8. The van der Waals surface area contributed by atoms with Crippen molar-refractivity contribution in [2.75, 3.05) is 13.1 Å². The Labute approximate surface area is 117 Å². The Morgan fingerprint density at radius 3 is 2.16 bits per heavy atom. The van der Waals surface area contributed by atoms with Gasteiger partial charge >= 0.3 is 5.97 Å². The second-order valence-electron chi connectivity index (χ2n) is 7.63. The minimum atomic E-state index is -0.624. The zero-order valence-corrected chi connectivity index (χ0v) is 12.7. The molecule has 3 nitrogen and oxygen atoms in total. The van der Waals surface area contributed by atoms with E-state index in [4.69, 9.17) is 0 Å². The summed E-state index contributed by atoms with van der Waals surface area (Å²) in [7, 11) is 0. The molecular weight excluding hydrogens is 238 g/mol. The summed E-state index contributed by atoms with van der Waals surface area (Å²) in [5, 5.41) is 9.29. The zero-order chi connectivity index (χ0) is 14.1. The van der Waals surface area contributed by atoms with Crippen LogP contribution in [0.15, 0.2) is 0 Å². The molecule has 0 bridgehead atoms. The maximum Gasteiger partial charge on any atom is 0.305 e. The molecule has 0 amide bonds. The summed E-state index contributed by atoms with van der Waals surface area (Å²) < 4.78 is 0. The maximum absolute atomic E-state index is 11.3. The van der Waals surface area contributed by atoms with Gasteiger partial charge in [0.2, 0.25) is 0 Å². The smallest absolute Gasteiger partial charge is 0.305 e. The molecule has 3 heteroatoms. The van der Waals surface area contributed by atoms with Crippen LogP contribution in [0.5, 0.6) is 0 Å². The zero-order valence-electron chi connectivity index (χ0n) is 12.7. The predicted molar refractivity (Wildman–Crippen MR) is 77.2 cm³/mol. The molecule has 0 atom stereocenters. The fourth-order valence-corrected chi connectivity index (χ4v) is 4.10. The van der Waals surface area contributed by atoms with E-state index in [9.17, 15) is 9.90 Å². The molecule has 1 aliphatic heterocycles. The largest absolute Gasteiger partial charge is 0.481 e. The second-order valence-corrected chi connectivity index (χ2v) is 7.63. The van der Waals surface area contributed by atoms with Crippen LogP contribution in [0, 0.1) is 11.3 Å². The summed E-state index contributed by atoms with van der Waals surface area (Å²) in [4.78, 5) is 13.8. The average Bonchev–Trinajstić information content (AvgIpc) is 2.81. The van der Waals surface area contributed by atoms with Crippen LogP contribution in [0.1, 0.15) is 65.7 Å². The van der Waals surface area contributed by atoms with Gasteiger partial charge in [-0.25, -0.2) is 0 Å². The van der Waals surface area contributed by atoms with Crippen LogP contribution >= 0.6 is 0 Å². The summed E-state index contributed by atoms with van der Waals surface area (Å²) in [6.45, 7) is 9.16. The van der Waals surface area contributed by atoms with Gasteiger partial charge < -0.3 is 5.11 Å². The molecular formula is C16H29NO2. The van der Waals surface area contributed by atoms with E-state index in [0.717, 1.165) is 31.8 Å². The van der Waals surface area contributed by atoms with Crippen molar-refractivity contribution in [2.45, 2.75) is 71.3 Å². The van der Waals surface area contributed by atoms with Crippen molar-refractivity contribution in [1.82, 2.24) is 4.90 Å². The lowest BCUT2D eigenvalue weighted by Crippen LogP contribution is -2.51. The number of hydrogen-bond acceptors (Lipinski definition) is 2. The molecule has 1 saturated carbocycles. The average molecular weight is 267 g/mol. The second kappa shape index (κ2) is 5.43. The third-order valence-corrected chi connectivity index (χ3v) is 5.40. The third-order valence-electron chi connectivity index (χ3n) is 5.40. The number of rotatable bonds is 3. The highest BCUT2D eigenvalue weighted by atomic mass is 16.4. The van der Waals surface area contributed by atoms with Crippen molar-refractivity contribution in [3.8, 4) is 0 Å². The van der Waals surface area contributed by atoms with Gasteiger partial charge in [0, 0.05) is 5.54 Å². The molecule has 1 heterocycles. The lowest BCUT2D eigenvalue weighted by Gasteiger charge is -2.48. The van der Waals surface area contributed by atoms with Gasteiger partial charge in [-0.2, -0.15) is 0 Å². The van der Waals surface area contributed by atoms with E-state index in [-0.39, 0.29) is 5.54 Å². The topological polar surface area (TPSA) is 40.5 Å². The SMILES string of the molecule is CC(C)(C)C1CCC(CC(=O)O)(N2CCCC2)CC1. The molecule has 110 valence electrons. The van der Waals surface area contributed by atoms with E-state index in [1.54, 1.807) is 0 Å². The molecule has 2 rings (SSSR count). The fraction of sp³-hybridized carbons (Fsp3) is 0.938. The Balaban J connectivity index is 2.07. The molecule has 0 aromatic carbocycles. The molecule has 19 heavy (non-hydrogen) atoms. The van der Waals surface area contributed by atoms with Gasteiger partial charge in [0.25, 0.3) is 0 Å². The van der Waals surface area contributed by atoms with Gasteiger partial charge in [-0.1, -0.05) is 20.8 Å². The number of aliphatic carboxylic acids is 1. The summed E-state index contributed by atoms with van der Waals surface area (Å²) >= 11 is 0. The minimum Gasteiger partial charge on any atom is -0.481 e. The van der Waals surface area contributed by atoms with Crippen molar-refractivity contribution in [2.24, 2.45) is 11.3 Å². The first-order valence-electron chi connectivity index (χ1n) is 7.80. The lowest BCUT2D eigenvalue weighted by atomic mass is 9.66. The monoisotopic (exact) mass is 267 g/mol. The summed E-state index contributed by atoms with van der Waals surface area (Å²) in [5.41, 5.74) is 0.324. The van der Waals surface area contributed by atoms with Gasteiger partial charge in [-0.15, -0.1) is 0 Å². The molecule has 0 aromatic heterocycles. The van der Waals surface area contributed by atoms with Crippen molar-refractivity contribution >= 4 is 5.97 Å². The summed E-state index contributed by atoms with van der Waals surface area (Å²) in [6, 6.07) is 0. The molecule has 1 saturated heterocycles. The van der Waals surface area contributed by atoms with E-state index in [0.29, 0.717) is 11.8 Å². The van der Waals surface area contributed by atoms with Gasteiger partial charge in [0.15, 0.2) is 0 Å². The van der Waals surface area contributed by atoms with Crippen LogP contribution in [-0.2, 0) is 4.79 Å². The van der Waals surface area contributed by atoms with E-state index < -0.39 is 5.97 Å². The molecule has 0 spiro atoms. The van der Waals surface area contributed by atoms with E-state index in [2.05, 4.69) is 25.7 Å². The van der Waals surface area contributed by atoms with E-state index in [1.165, 1.54) is 25.7 Å². The Kier molecular flexibility index (Phi) is 4.24. The van der Waals surface area contributed by atoms with Gasteiger partial charge in [-0.05, 0) is 62.9 Å². The first-order valence-corrected chi connectivity index (χ1v) is 7.80. The lowest BCUT2D eigenvalue weighted by molar-refractivity contribution is -0.141. The van der Waals surface area contributed by atoms with Crippen molar-refractivity contribution in [1.29, 1.82) is 0 Å². The van der Waals surface area contributed by atoms with Crippen LogP contribution < -0.4 is 0 Å². The first-order chi connectivity index (χ1) is 8.83. The molecule has 0 unspecified atom stereocenters. The number of carbonyl (C=O) groups is 1. The maximum atomic E-state index is 11.3.